The van der Waals surface area contributed by atoms with E-state index in [0.29, 0.717) is 5.56 Å². The Morgan fingerprint density at radius 3 is 2.52 bits per heavy atom. The Kier molecular flexibility index (Phi) is 4.97. The molecule has 0 spiro atoms. The topological polar surface area (TPSA) is 21.3 Å². The van der Waals surface area contributed by atoms with Gasteiger partial charge in [-0.3, -0.25) is 0 Å². The van der Waals surface area contributed by atoms with Gasteiger partial charge in [-0.25, -0.2) is 4.39 Å². The number of halogens is 1. The van der Waals surface area contributed by atoms with Crippen molar-refractivity contribution in [3.8, 4) is 5.75 Å². The molecule has 21 heavy (non-hydrogen) atoms. The van der Waals surface area contributed by atoms with Crippen molar-refractivity contribution >= 4 is 0 Å². The van der Waals surface area contributed by atoms with Crippen LogP contribution in [0.1, 0.15) is 35.2 Å². The van der Waals surface area contributed by atoms with Gasteiger partial charge in [-0.05, 0) is 43.7 Å². The van der Waals surface area contributed by atoms with Crippen molar-refractivity contribution in [3.05, 3.63) is 64.5 Å². The fourth-order valence-corrected chi connectivity index (χ4v) is 2.48. The van der Waals surface area contributed by atoms with Crippen molar-refractivity contribution < 1.29 is 9.13 Å². The molecule has 1 N–H and O–H groups in total. The van der Waals surface area contributed by atoms with Crippen LogP contribution in [0.2, 0.25) is 0 Å². The maximum Gasteiger partial charge on any atom is 0.126 e. The molecular weight excluding hydrogens is 265 g/mol. The molecule has 0 saturated carbocycles. The number of aryl methyl sites for hydroxylation is 2. The smallest absolute Gasteiger partial charge is 0.126 e. The zero-order valence-electron chi connectivity index (χ0n) is 13.0. The molecule has 0 aliphatic heterocycles. The molecule has 0 aliphatic carbocycles. The van der Waals surface area contributed by atoms with Crippen molar-refractivity contribution in [3.63, 3.8) is 0 Å². The maximum absolute atomic E-state index is 13.9. The van der Waals surface area contributed by atoms with E-state index in [-0.39, 0.29) is 11.9 Å². The standard InChI is InChI=1S/C18H22FNO/c1-5-20-18(14-8-7-13(3)16(19)11-14)15-10-12(2)6-9-17(15)21-4/h6-11,18,20H,5H2,1-4H3. The van der Waals surface area contributed by atoms with Crippen molar-refractivity contribution in [2.75, 3.05) is 13.7 Å². The summed E-state index contributed by atoms with van der Waals surface area (Å²) in [5.41, 5.74) is 3.75. The molecule has 0 fully saturated rings. The summed E-state index contributed by atoms with van der Waals surface area (Å²) in [6.45, 7) is 6.65. The second-order valence-electron chi connectivity index (χ2n) is 5.24. The summed E-state index contributed by atoms with van der Waals surface area (Å²) in [7, 11) is 1.66. The van der Waals surface area contributed by atoms with E-state index in [0.717, 1.165) is 29.0 Å². The van der Waals surface area contributed by atoms with Gasteiger partial charge in [0.05, 0.1) is 13.2 Å². The fraction of sp³-hybridized carbons (Fsp3) is 0.333. The number of benzene rings is 2. The Morgan fingerprint density at radius 1 is 1.14 bits per heavy atom. The van der Waals surface area contributed by atoms with E-state index >= 15 is 0 Å². The lowest BCUT2D eigenvalue weighted by Crippen LogP contribution is -2.23. The van der Waals surface area contributed by atoms with E-state index in [1.165, 1.54) is 0 Å². The predicted molar refractivity (Wildman–Crippen MR) is 84.4 cm³/mol. The van der Waals surface area contributed by atoms with Crippen LogP contribution in [0.3, 0.4) is 0 Å². The Balaban J connectivity index is 2.52. The molecule has 3 heteroatoms. The van der Waals surface area contributed by atoms with Gasteiger partial charge in [0.15, 0.2) is 0 Å². The zero-order valence-corrected chi connectivity index (χ0v) is 13.0. The quantitative estimate of drug-likeness (QED) is 0.892. The van der Waals surface area contributed by atoms with Crippen molar-refractivity contribution in [1.29, 1.82) is 0 Å². The third kappa shape index (κ3) is 3.42. The largest absolute Gasteiger partial charge is 0.496 e. The first-order valence-electron chi connectivity index (χ1n) is 7.20. The highest BCUT2D eigenvalue weighted by Gasteiger charge is 2.18. The molecule has 0 radical (unpaired) electrons. The Hall–Kier alpha value is -1.87. The normalized spacial score (nSPS) is 12.2. The van der Waals surface area contributed by atoms with Gasteiger partial charge in [-0.2, -0.15) is 0 Å². The molecule has 0 aromatic heterocycles. The van der Waals surface area contributed by atoms with Gasteiger partial charge in [0, 0.05) is 5.56 Å². The van der Waals surface area contributed by atoms with Crippen LogP contribution in [0.15, 0.2) is 36.4 Å². The summed E-state index contributed by atoms with van der Waals surface area (Å²) in [4.78, 5) is 0. The van der Waals surface area contributed by atoms with Gasteiger partial charge in [0.1, 0.15) is 11.6 Å². The van der Waals surface area contributed by atoms with Crippen LogP contribution < -0.4 is 10.1 Å². The van der Waals surface area contributed by atoms with Crippen LogP contribution >= 0.6 is 0 Å². The molecular formula is C18H22FNO. The van der Waals surface area contributed by atoms with Gasteiger partial charge in [0.2, 0.25) is 0 Å². The minimum atomic E-state index is -0.179. The molecule has 0 saturated heterocycles. The first-order valence-corrected chi connectivity index (χ1v) is 7.20. The molecule has 2 aromatic rings. The fourth-order valence-electron chi connectivity index (χ4n) is 2.48. The van der Waals surface area contributed by atoms with Crippen LogP contribution in [-0.4, -0.2) is 13.7 Å². The molecule has 0 amide bonds. The first kappa shape index (κ1) is 15.5. The Morgan fingerprint density at radius 2 is 1.90 bits per heavy atom. The first-order chi connectivity index (χ1) is 10.1. The molecule has 2 aromatic carbocycles. The summed E-state index contributed by atoms with van der Waals surface area (Å²) >= 11 is 0. The van der Waals surface area contributed by atoms with Crippen molar-refractivity contribution in [1.82, 2.24) is 5.32 Å². The average Bonchev–Trinajstić information content (AvgIpc) is 2.48. The summed E-state index contributed by atoms with van der Waals surface area (Å²) in [6.07, 6.45) is 0. The van der Waals surface area contributed by atoms with E-state index in [4.69, 9.17) is 4.74 Å². The second-order valence-corrected chi connectivity index (χ2v) is 5.24. The third-order valence-corrected chi connectivity index (χ3v) is 3.63. The number of rotatable bonds is 5. The summed E-state index contributed by atoms with van der Waals surface area (Å²) in [5.74, 6) is 0.634. The molecule has 2 nitrogen and oxygen atoms in total. The zero-order chi connectivity index (χ0) is 15.4. The summed E-state index contributed by atoms with van der Waals surface area (Å²) < 4.78 is 19.4. The lowest BCUT2D eigenvalue weighted by atomic mass is 9.95. The number of ether oxygens (including phenoxy) is 1. The van der Waals surface area contributed by atoms with E-state index < -0.39 is 0 Å². The van der Waals surface area contributed by atoms with Crippen LogP contribution in [0.4, 0.5) is 4.39 Å². The van der Waals surface area contributed by atoms with Gasteiger partial charge < -0.3 is 10.1 Å². The average molecular weight is 287 g/mol. The van der Waals surface area contributed by atoms with Gasteiger partial charge in [-0.15, -0.1) is 0 Å². The molecule has 0 bridgehead atoms. The van der Waals surface area contributed by atoms with Crippen LogP contribution in [0, 0.1) is 19.7 Å². The van der Waals surface area contributed by atoms with Crippen LogP contribution in [0.25, 0.3) is 0 Å². The van der Waals surface area contributed by atoms with Gasteiger partial charge in [0.25, 0.3) is 0 Å². The minimum absolute atomic E-state index is 0.0834. The van der Waals surface area contributed by atoms with Crippen molar-refractivity contribution in [2.45, 2.75) is 26.8 Å². The van der Waals surface area contributed by atoms with Crippen molar-refractivity contribution in [2.24, 2.45) is 0 Å². The Labute approximate surface area is 126 Å². The molecule has 0 heterocycles. The molecule has 2 rings (SSSR count). The molecule has 1 unspecified atom stereocenters. The number of hydrogen-bond donors (Lipinski definition) is 1. The van der Waals surface area contributed by atoms with Crippen LogP contribution in [-0.2, 0) is 0 Å². The monoisotopic (exact) mass is 287 g/mol. The highest BCUT2D eigenvalue weighted by atomic mass is 19.1. The number of hydrogen-bond acceptors (Lipinski definition) is 2. The van der Waals surface area contributed by atoms with E-state index in [1.54, 1.807) is 20.1 Å². The summed E-state index contributed by atoms with van der Waals surface area (Å²) in [6, 6.07) is 11.4. The lowest BCUT2D eigenvalue weighted by molar-refractivity contribution is 0.404. The summed E-state index contributed by atoms with van der Waals surface area (Å²) in [5, 5.41) is 3.42. The molecule has 1 atom stereocenters. The maximum atomic E-state index is 13.9. The highest BCUT2D eigenvalue weighted by Crippen LogP contribution is 2.31. The number of methoxy groups -OCH3 is 1. The number of nitrogens with one attached hydrogen (secondary N) is 1. The van der Waals surface area contributed by atoms with E-state index in [1.807, 2.05) is 38.1 Å². The molecule has 0 aliphatic rings. The highest BCUT2D eigenvalue weighted by molar-refractivity contribution is 5.44. The SMILES string of the molecule is CCNC(c1ccc(C)c(F)c1)c1cc(C)ccc1OC. The Bertz CT molecular complexity index is 625. The second kappa shape index (κ2) is 6.72. The molecule has 112 valence electrons. The van der Waals surface area contributed by atoms with Gasteiger partial charge >= 0.3 is 0 Å². The van der Waals surface area contributed by atoms with Crippen LogP contribution in [0.5, 0.6) is 5.75 Å². The lowest BCUT2D eigenvalue weighted by Gasteiger charge is -2.22. The minimum Gasteiger partial charge on any atom is -0.496 e. The van der Waals surface area contributed by atoms with Gasteiger partial charge in [-0.1, -0.05) is 36.8 Å². The van der Waals surface area contributed by atoms with E-state index in [9.17, 15) is 4.39 Å². The third-order valence-electron chi connectivity index (χ3n) is 3.63. The predicted octanol–water partition coefficient (Wildman–Crippen LogP) is 4.15. The van der Waals surface area contributed by atoms with E-state index in [2.05, 4.69) is 11.4 Å².